The average Bonchev–Trinajstić information content (AvgIpc) is 2.51. The smallest absolute Gasteiger partial charge is 0.326 e. The maximum absolute atomic E-state index is 11.7. The number of aliphatic carboxylic acids is 1. The standard InChI is InChI=1S/C9H17N3O4S2.C3H7NO/c10-3-7(13)11-6(4-18)8(14)12-5(1-2-17)9(15)16;1-2-3(4)5/h5-6,17-18H,1-4,10H2,(H,11,13)(H,12,14)(H,15,16);2H2,1H3,(H2,4,5). The third-order valence-corrected chi connectivity index (χ3v) is 3.02. The van der Waals surface area contributed by atoms with Crippen LogP contribution in [0.3, 0.4) is 0 Å². The Hall–Kier alpha value is -1.46. The van der Waals surface area contributed by atoms with Crippen molar-refractivity contribution in [1.82, 2.24) is 10.6 Å². The first-order chi connectivity index (χ1) is 10.7. The van der Waals surface area contributed by atoms with E-state index in [2.05, 4.69) is 41.6 Å². The minimum atomic E-state index is -1.15. The first-order valence-electron chi connectivity index (χ1n) is 6.75. The second kappa shape index (κ2) is 14.2. The highest BCUT2D eigenvalue weighted by molar-refractivity contribution is 7.80. The molecular weight excluding hydrogens is 344 g/mol. The van der Waals surface area contributed by atoms with E-state index in [0.29, 0.717) is 12.2 Å². The highest BCUT2D eigenvalue weighted by Gasteiger charge is 2.24. The van der Waals surface area contributed by atoms with E-state index in [4.69, 9.17) is 10.8 Å². The summed E-state index contributed by atoms with van der Waals surface area (Å²) >= 11 is 7.82. The minimum Gasteiger partial charge on any atom is -0.480 e. The summed E-state index contributed by atoms with van der Waals surface area (Å²) < 4.78 is 0. The number of nitrogens with one attached hydrogen (secondary N) is 2. The number of amides is 3. The number of primary amides is 1. The van der Waals surface area contributed by atoms with Gasteiger partial charge in [0.1, 0.15) is 12.1 Å². The van der Waals surface area contributed by atoms with Crippen molar-refractivity contribution in [3.05, 3.63) is 0 Å². The Labute approximate surface area is 145 Å². The van der Waals surface area contributed by atoms with Crippen molar-refractivity contribution in [2.75, 3.05) is 18.1 Å². The maximum atomic E-state index is 11.7. The molecule has 0 spiro atoms. The molecule has 0 aliphatic rings. The Balaban J connectivity index is 0. The van der Waals surface area contributed by atoms with Crippen LogP contribution in [-0.4, -0.2) is 58.9 Å². The molecule has 0 saturated heterocycles. The quantitative estimate of drug-likeness (QED) is 0.236. The third kappa shape index (κ3) is 12.7. The van der Waals surface area contributed by atoms with Gasteiger partial charge in [-0.1, -0.05) is 6.92 Å². The Morgan fingerprint density at radius 1 is 1.13 bits per heavy atom. The highest BCUT2D eigenvalue weighted by Crippen LogP contribution is 1.97. The van der Waals surface area contributed by atoms with Crippen LogP contribution in [0.5, 0.6) is 0 Å². The molecule has 9 nitrogen and oxygen atoms in total. The highest BCUT2D eigenvalue weighted by atomic mass is 32.1. The molecule has 0 radical (unpaired) electrons. The Kier molecular flexibility index (Phi) is 14.6. The summed E-state index contributed by atoms with van der Waals surface area (Å²) in [4.78, 5) is 43.2. The van der Waals surface area contributed by atoms with E-state index < -0.39 is 29.9 Å². The lowest BCUT2D eigenvalue weighted by atomic mass is 10.2. The minimum absolute atomic E-state index is 0.0464. The monoisotopic (exact) mass is 368 g/mol. The van der Waals surface area contributed by atoms with Crippen molar-refractivity contribution in [3.63, 3.8) is 0 Å². The van der Waals surface area contributed by atoms with Gasteiger partial charge in [0.25, 0.3) is 0 Å². The molecule has 0 aromatic rings. The van der Waals surface area contributed by atoms with E-state index in [0.717, 1.165) is 0 Å². The van der Waals surface area contributed by atoms with Gasteiger partial charge < -0.3 is 27.2 Å². The number of rotatable bonds is 9. The van der Waals surface area contributed by atoms with Crippen molar-refractivity contribution in [2.45, 2.75) is 31.8 Å². The molecule has 3 amide bonds. The van der Waals surface area contributed by atoms with Crippen molar-refractivity contribution in [2.24, 2.45) is 11.5 Å². The first-order valence-corrected chi connectivity index (χ1v) is 8.02. The van der Waals surface area contributed by atoms with Gasteiger partial charge in [0.2, 0.25) is 17.7 Å². The van der Waals surface area contributed by atoms with Gasteiger partial charge in [-0.15, -0.1) is 0 Å². The van der Waals surface area contributed by atoms with Gasteiger partial charge in [-0.05, 0) is 12.2 Å². The third-order valence-electron chi connectivity index (χ3n) is 2.40. The molecule has 0 bridgehead atoms. The summed E-state index contributed by atoms with van der Waals surface area (Å²) in [5.41, 5.74) is 9.75. The normalized spacial score (nSPS) is 12.2. The van der Waals surface area contributed by atoms with Crippen molar-refractivity contribution in [3.8, 4) is 0 Å². The molecular formula is C12H24N4O5S2. The molecule has 0 aromatic carbocycles. The second-order valence-electron chi connectivity index (χ2n) is 4.24. The summed E-state index contributed by atoms with van der Waals surface area (Å²) in [5, 5.41) is 13.5. The Bertz CT molecular complexity index is 409. The molecule has 0 fully saturated rings. The van der Waals surface area contributed by atoms with Crippen LogP contribution in [0.4, 0.5) is 0 Å². The number of thiol groups is 2. The molecule has 23 heavy (non-hydrogen) atoms. The zero-order chi connectivity index (χ0) is 18.4. The SMILES string of the molecule is CCC(N)=O.NCC(=O)NC(CS)C(=O)NC(CCS)C(=O)O. The molecule has 0 saturated carbocycles. The summed E-state index contributed by atoms with van der Waals surface area (Å²) in [5.74, 6) is -2.15. The molecule has 2 unspecified atom stereocenters. The van der Waals surface area contributed by atoms with Crippen LogP contribution >= 0.6 is 25.3 Å². The predicted molar refractivity (Wildman–Crippen MR) is 92.4 cm³/mol. The van der Waals surface area contributed by atoms with Gasteiger partial charge in [0, 0.05) is 12.2 Å². The fourth-order valence-corrected chi connectivity index (χ4v) is 1.62. The van der Waals surface area contributed by atoms with Gasteiger partial charge in [-0.25, -0.2) is 4.79 Å². The summed E-state index contributed by atoms with van der Waals surface area (Å²) in [7, 11) is 0. The molecule has 0 rings (SSSR count). The summed E-state index contributed by atoms with van der Waals surface area (Å²) in [6.07, 6.45) is 0.633. The van der Waals surface area contributed by atoms with Crippen LogP contribution in [0.1, 0.15) is 19.8 Å². The van der Waals surface area contributed by atoms with Crippen LogP contribution in [-0.2, 0) is 19.2 Å². The van der Waals surface area contributed by atoms with Crippen molar-refractivity contribution < 1.29 is 24.3 Å². The number of carboxylic acids is 1. The van der Waals surface area contributed by atoms with Gasteiger partial charge in [-0.3, -0.25) is 14.4 Å². The number of hydrogen-bond acceptors (Lipinski definition) is 7. The topological polar surface area (TPSA) is 165 Å². The van der Waals surface area contributed by atoms with E-state index in [1.807, 2.05) is 0 Å². The number of carboxylic acid groups (broad SMARTS) is 1. The predicted octanol–water partition coefficient (Wildman–Crippen LogP) is -1.87. The maximum Gasteiger partial charge on any atom is 0.326 e. The largest absolute Gasteiger partial charge is 0.480 e. The molecule has 0 aromatic heterocycles. The van der Waals surface area contributed by atoms with Crippen LogP contribution in [0, 0.1) is 0 Å². The fourth-order valence-electron chi connectivity index (χ4n) is 1.11. The van der Waals surface area contributed by atoms with E-state index >= 15 is 0 Å². The number of carbonyl (C=O) groups is 4. The van der Waals surface area contributed by atoms with Gasteiger partial charge in [0.05, 0.1) is 6.54 Å². The molecule has 134 valence electrons. The fraction of sp³-hybridized carbons (Fsp3) is 0.667. The number of carbonyl (C=O) groups excluding carboxylic acids is 3. The van der Waals surface area contributed by atoms with E-state index in [9.17, 15) is 19.2 Å². The van der Waals surface area contributed by atoms with Crippen molar-refractivity contribution in [1.29, 1.82) is 0 Å². The number of hydrogen-bond donors (Lipinski definition) is 7. The molecule has 0 heterocycles. The molecule has 11 heteroatoms. The van der Waals surface area contributed by atoms with Gasteiger partial charge >= 0.3 is 5.97 Å². The van der Waals surface area contributed by atoms with Crippen LogP contribution in [0.15, 0.2) is 0 Å². The lowest BCUT2D eigenvalue weighted by Crippen LogP contribution is -2.53. The van der Waals surface area contributed by atoms with Gasteiger partial charge in [0.15, 0.2) is 0 Å². The summed E-state index contributed by atoms with van der Waals surface area (Å²) in [6.45, 7) is 1.47. The zero-order valence-electron chi connectivity index (χ0n) is 12.8. The molecule has 0 aliphatic heterocycles. The number of nitrogens with two attached hydrogens (primary N) is 2. The van der Waals surface area contributed by atoms with Crippen LogP contribution in [0.2, 0.25) is 0 Å². The lowest BCUT2D eigenvalue weighted by molar-refractivity contribution is -0.142. The Morgan fingerprint density at radius 3 is 1.96 bits per heavy atom. The molecule has 7 N–H and O–H groups in total. The second-order valence-corrected chi connectivity index (χ2v) is 5.05. The van der Waals surface area contributed by atoms with E-state index in [1.165, 1.54) is 0 Å². The van der Waals surface area contributed by atoms with Crippen molar-refractivity contribution >= 4 is 48.9 Å². The average molecular weight is 368 g/mol. The zero-order valence-corrected chi connectivity index (χ0v) is 14.6. The van der Waals surface area contributed by atoms with Crippen LogP contribution < -0.4 is 22.1 Å². The first kappa shape index (κ1) is 23.8. The van der Waals surface area contributed by atoms with Gasteiger partial charge in [-0.2, -0.15) is 25.3 Å². The van der Waals surface area contributed by atoms with E-state index in [-0.39, 0.29) is 24.6 Å². The Morgan fingerprint density at radius 2 is 1.65 bits per heavy atom. The van der Waals surface area contributed by atoms with Crippen LogP contribution in [0.25, 0.3) is 0 Å². The lowest BCUT2D eigenvalue weighted by Gasteiger charge is -2.19. The molecule has 2 atom stereocenters. The molecule has 0 aliphatic carbocycles. The van der Waals surface area contributed by atoms with E-state index in [1.54, 1.807) is 6.92 Å². The summed E-state index contributed by atoms with van der Waals surface area (Å²) in [6, 6.07) is -1.95.